The second-order valence-corrected chi connectivity index (χ2v) is 7.57. The van der Waals surface area contributed by atoms with Crippen LogP contribution in [0, 0.1) is 11.8 Å². The maximum atomic E-state index is 3.84. The van der Waals surface area contributed by atoms with Crippen LogP contribution in [0.2, 0.25) is 0 Å². The van der Waals surface area contributed by atoms with Crippen molar-refractivity contribution in [3.05, 3.63) is 0 Å². The number of likely N-dealkylation sites (tertiary alicyclic amines) is 1. The highest BCUT2D eigenvalue weighted by atomic mass is 15.1. The number of nitrogens with zero attached hydrogens (tertiary/aromatic N) is 2. The fraction of sp³-hybridized carbons (Fsp3) is 1.00. The van der Waals surface area contributed by atoms with E-state index < -0.39 is 0 Å². The second kappa shape index (κ2) is 9.12. The van der Waals surface area contributed by atoms with Crippen molar-refractivity contribution in [2.75, 3.05) is 46.8 Å². The molecule has 0 amide bonds. The highest BCUT2D eigenvalue weighted by Gasteiger charge is 2.26. The lowest BCUT2D eigenvalue weighted by Gasteiger charge is -2.34. The van der Waals surface area contributed by atoms with Crippen molar-refractivity contribution >= 4 is 0 Å². The maximum Gasteiger partial charge on any atom is 0.0223 e. The summed E-state index contributed by atoms with van der Waals surface area (Å²) in [5.74, 6) is 1.85. The van der Waals surface area contributed by atoms with Crippen molar-refractivity contribution in [3.8, 4) is 0 Å². The van der Waals surface area contributed by atoms with E-state index in [1.54, 1.807) is 0 Å². The average molecular weight is 296 g/mol. The zero-order valence-electron chi connectivity index (χ0n) is 14.6. The number of hydrogen-bond acceptors (Lipinski definition) is 3. The summed E-state index contributed by atoms with van der Waals surface area (Å²) in [6, 6.07) is 0.726. The van der Waals surface area contributed by atoms with Crippen LogP contribution in [0.25, 0.3) is 0 Å². The Balaban J connectivity index is 1.75. The van der Waals surface area contributed by atoms with Crippen LogP contribution in [0.3, 0.4) is 0 Å². The van der Waals surface area contributed by atoms with E-state index in [4.69, 9.17) is 0 Å². The molecule has 2 aliphatic rings. The second-order valence-electron chi connectivity index (χ2n) is 7.57. The molecule has 0 radical (unpaired) electrons. The number of hydrogen-bond donors (Lipinski definition) is 1. The summed E-state index contributed by atoms with van der Waals surface area (Å²) < 4.78 is 0. The Bertz CT molecular complexity index is 268. The van der Waals surface area contributed by atoms with Crippen molar-refractivity contribution in [1.29, 1.82) is 0 Å². The van der Waals surface area contributed by atoms with E-state index in [9.17, 15) is 0 Å². The van der Waals surface area contributed by atoms with Gasteiger partial charge < -0.3 is 15.1 Å². The Labute approximate surface area is 132 Å². The largest absolute Gasteiger partial charge is 0.312 e. The molecule has 1 heterocycles. The van der Waals surface area contributed by atoms with Crippen molar-refractivity contribution in [2.45, 2.75) is 57.9 Å². The van der Waals surface area contributed by atoms with Crippen LogP contribution in [0.1, 0.15) is 51.9 Å². The molecule has 3 nitrogen and oxygen atoms in total. The highest BCUT2D eigenvalue weighted by Crippen LogP contribution is 2.28. The summed E-state index contributed by atoms with van der Waals surface area (Å²) in [4.78, 5) is 5.09. The van der Waals surface area contributed by atoms with E-state index in [1.165, 1.54) is 77.7 Å². The van der Waals surface area contributed by atoms with Crippen molar-refractivity contribution in [1.82, 2.24) is 15.1 Å². The quantitative estimate of drug-likeness (QED) is 0.743. The van der Waals surface area contributed by atoms with Crippen molar-refractivity contribution in [3.63, 3.8) is 0 Å². The zero-order chi connectivity index (χ0) is 15.1. The van der Waals surface area contributed by atoms with Gasteiger partial charge >= 0.3 is 0 Å². The minimum atomic E-state index is 0.726. The highest BCUT2D eigenvalue weighted by molar-refractivity contribution is 4.83. The number of rotatable bonds is 8. The maximum absolute atomic E-state index is 3.84. The Kier molecular flexibility index (Phi) is 7.48. The monoisotopic (exact) mass is 295 g/mol. The minimum absolute atomic E-state index is 0.726. The Hall–Kier alpha value is -0.120. The van der Waals surface area contributed by atoms with E-state index in [1.807, 2.05) is 0 Å². The molecule has 21 heavy (non-hydrogen) atoms. The molecule has 1 aliphatic heterocycles. The fourth-order valence-corrected chi connectivity index (χ4v) is 4.17. The van der Waals surface area contributed by atoms with Crippen LogP contribution in [-0.2, 0) is 0 Å². The van der Waals surface area contributed by atoms with E-state index in [2.05, 4.69) is 36.1 Å². The van der Waals surface area contributed by atoms with Gasteiger partial charge in [-0.05, 0) is 77.7 Å². The van der Waals surface area contributed by atoms with E-state index >= 15 is 0 Å². The molecule has 2 fully saturated rings. The smallest absolute Gasteiger partial charge is 0.0223 e. The third-order valence-electron chi connectivity index (χ3n) is 5.54. The zero-order valence-corrected chi connectivity index (χ0v) is 14.6. The van der Waals surface area contributed by atoms with Gasteiger partial charge in [0.05, 0.1) is 0 Å². The Morgan fingerprint density at radius 1 is 1.14 bits per heavy atom. The Morgan fingerprint density at radius 2 is 1.81 bits per heavy atom. The third kappa shape index (κ3) is 5.88. The molecule has 1 atom stereocenters. The normalized spacial score (nSPS) is 24.0. The molecule has 0 spiro atoms. The van der Waals surface area contributed by atoms with E-state index in [0.717, 1.165) is 17.9 Å². The van der Waals surface area contributed by atoms with Gasteiger partial charge in [0.15, 0.2) is 0 Å². The summed E-state index contributed by atoms with van der Waals surface area (Å²) >= 11 is 0. The van der Waals surface area contributed by atoms with Crippen molar-refractivity contribution in [2.24, 2.45) is 11.8 Å². The first-order chi connectivity index (χ1) is 10.2. The van der Waals surface area contributed by atoms with Gasteiger partial charge in [-0.25, -0.2) is 0 Å². The van der Waals surface area contributed by atoms with Gasteiger partial charge in [-0.3, -0.25) is 0 Å². The average Bonchev–Trinajstić information content (AvgIpc) is 3.00. The molecule has 1 unspecified atom stereocenters. The summed E-state index contributed by atoms with van der Waals surface area (Å²) in [7, 11) is 4.60. The van der Waals surface area contributed by atoms with Gasteiger partial charge in [0.25, 0.3) is 0 Å². The summed E-state index contributed by atoms with van der Waals surface area (Å²) in [6.45, 7) is 8.59. The summed E-state index contributed by atoms with van der Waals surface area (Å²) in [5.41, 5.74) is 0. The number of nitrogens with one attached hydrogen (secondary N) is 1. The van der Waals surface area contributed by atoms with Crippen LogP contribution in [0.5, 0.6) is 0 Å². The molecule has 1 aliphatic carbocycles. The minimum Gasteiger partial charge on any atom is -0.312 e. The van der Waals surface area contributed by atoms with Gasteiger partial charge in [0.1, 0.15) is 0 Å². The standard InChI is InChI=1S/C18H37N3/c1-4-11-19-18(17-7-5-6-8-17)15-21(3)14-16-9-12-20(2)13-10-16/h16-19H,4-15H2,1-3H3. The van der Waals surface area contributed by atoms with E-state index in [0.29, 0.717) is 0 Å². The van der Waals surface area contributed by atoms with Crippen LogP contribution in [0.4, 0.5) is 0 Å². The van der Waals surface area contributed by atoms with Crippen LogP contribution >= 0.6 is 0 Å². The van der Waals surface area contributed by atoms with Crippen LogP contribution in [-0.4, -0.2) is 62.7 Å². The molecule has 2 rings (SSSR count). The van der Waals surface area contributed by atoms with Gasteiger partial charge in [0, 0.05) is 19.1 Å². The molecule has 1 N–H and O–H groups in total. The lowest BCUT2D eigenvalue weighted by Crippen LogP contribution is -2.46. The van der Waals surface area contributed by atoms with Crippen molar-refractivity contribution < 1.29 is 0 Å². The first-order valence-corrected chi connectivity index (χ1v) is 9.29. The summed E-state index contributed by atoms with van der Waals surface area (Å²) in [5, 5.41) is 3.84. The third-order valence-corrected chi connectivity index (χ3v) is 5.54. The predicted molar refractivity (Wildman–Crippen MR) is 91.8 cm³/mol. The molecule has 3 heteroatoms. The first kappa shape index (κ1) is 17.2. The van der Waals surface area contributed by atoms with Gasteiger partial charge in [0.2, 0.25) is 0 Å². The van der Waals surface area contributed by atoms with Gasteiger partial charge in [-0.2, -0.15) is 0 Å². The van der Waals surface area contributed by atoms with Crippen LogP contribution < -0.4 is 5.32 Å². The molecule has 0 aromatic heterocycles. The predicted octanol–water partition coefficient (Wildman–Crippen LogP) is 2.82. The summed E-state index contributed by atoms with van der Waals surface area (Å²) in [6.07, 6.45) is 9.82. The lowest BCUT2D eigenvalue weighted by molar-refractivity contribution is 0.160. The lowest BCUT2D eigenvalue weighted by atomic mass is 9.94. The number of likely N-dealkylation sites (N-methyl/N-ethyl adjacent to an activating group) is 1. The Morgan fingerprint density at radius 3 is 2.43 bits per heavy atom. The molecule has 0 aromatic rings. The fourth-order valence-electron chi connectivity index (χ4n) is 4.17. The van der Waals surface area contributed by atoms with Crippen LogP contribution in [0.15, 0.2) is 0 Å². The first-order valence-electron chi connectivity index (χ1n) is 9.29. The van der Waals surface area contributed by atoms with Gasteiger partial charge in [-0.15, -0.1) is 0 Å². The molecule has 1 saturated heterocycles. The SMILES string of the molecule is CCCNC(CN(C)CC1CCN(C)CC1)C1CCCC1. The molecule has 124 valence electrons. The molecule has 0 bridgehead atoms. The van der Waals surface area contributed by atoms with E-state index in [-0.39, 0.29) is 0 Å². The molecular weight excluding hydrogens is 258 g/mol. The molecule has 0 aromatic carbocycles. The topological polar surface area (TPSA) is 18.5 Å². The molecular formula is C18H37N3. The number of piperidine rings is 1. The van der Waals surface area contributed by atoms with Gasteiger partial charge in [-0.1, -0.05) is 19.8 Å². The molecule has 1 saturated carbocycles.